The SMILES string of the molecule is CC1(C)c2cc(Nc3ccccc3)ccc2-c2c(-c3ccccc3)cccc21. The molecule has 0 spiro atoms. The molecule has 0 amide bonds. The summed E-state index contributed by atoms with van der Waals surface area (Å²) in [4.78, 5) is 0. The number of rotatable bonds is 3. The van der Waals surface area contributed by atoms with Crippen LogP contribution in [-0.2, 0) is 5.41 Å². The second-order valence-electron chi connectivity index (χ2n) is 7.97. The fourth-order valence-corrected chi connectivity index (χ4v) is 4.41. The van der Waals surface area contributed by atoms with Crippen LogP contribution >= 0.6 is 0 Å². The molecule has 4 aromatic rings. The van der Waals surface area contributed by atoms with Gasteiger partial charge < -0.3 is 5.32 Å². The molecule has 1 aliphatic carbocycles. The van der Waals surface area contributed by atoms with Crippen LogP contribution in [0.15, 0.2) is 97.1 Å². The van der Waals surface area contributed by atoms with Crippen molar-refractivity contribution in [1.82, 2.24) is 0 Å². The Bertz CT molecular complexity index is 1140. The predicted molar refractivity (Wildman–Crippen MR) is 119 cm³/mol. The lowest BCUT2D eigenvalue weighted by Gasteiger charge is -2.22. The number of anilines is 2. The number of benzene rings is 4. The van der Waals surface area contributed by atoms with Gasteiger partial charge in [0.25, 0.3) is 0 Å². The normalized spacial score (nSPS) is 13.6. The van der Waals surface area contributed by atoms with E-state index < -0.39 is 0 Å². The molecule has 28 heavy (non-hydrogen) atoms. The van der Waals surface area contributed by atoms with Crippen LogP contribution in [0, 0.1) is 0 Å². The van der Waals surface area contributed by atoms with Gasteiger partial charge in [-0.25, -0.2) is 0 Å². The zero-order chi connectivity index (χ0) is 19.1. The Morgan fingerprint density at radius 3 is 2.04 bits per heavy atom. The first-order chi connectivity index (χ1) is 13.6. The summed E-state index contributed by atoms with van der Waals surface area (Å²) in [5.74, 6) is 0. The molecule has 0 saturated heterocycles. The molecule has 1 nitrogen and oxygen atoms in total. The standard InChI is InChI=1S/C27H23N/c1-27(2)24-15-9-14-22(19-10-5-3-6-11-19)26(24)23-17-16-21(18-25(23)27)28-20-12-7-4-8-13-20/h3-18,28H,1-2H3. The number of nitrogens with one attached hydrogen (secondary N) is 1. The maximum atomic E-state index is 3.54. The molecule has 0 aromatic heterocycles. The van der Waals surface area contributed by atoms with Crippen molar-refractivity contribution in [3.63, 3.8) is 0 Å². The van der Waals surface area contributed by atoms with Crippen LogP contribution in [0.4, 0.5) is 11.4 Å². The molecule has 0 radical (unpaired) electrons. The quantitative estimate of drug-likeness (QED) is 0.401. The molecule has 1 N–H and O–H groups in total. The Balaban J connectivity index is 1.65. The molecular formula is C27H23N. The summed E-state index contributed by atoms with van der Waals surface area (Å²) < 4.78 is 0. The second kappa shape index (κ2) is 6.38. The summed E-state index contributed by atoms with van der Waals surface area (Å²) in [5, 5.41) is 3.54. The van der Waals surface area contributed by atoms with Crippen molar-refractivity contribution in [3.8, 4) is 22.3 Å². The highest BCUT2D eigenvalue weighted by molar-refractivity contribution is 5.93. The van der Waals surface area contributed by atoms with Crippen LogP contribution in [0.5, 0.6) is 0 Å². The summed E-state index contributed by atoms with van der Waals surface area (Å²) in [5.41, 5.74) is 10.3. The van der Waals surface area contributed by atoms with Crippen molar-refractivity contribution < 1.29 is 0 Å². The van der Waals surface area contributed by atoms with Crippen LogP contribution < -0.4 is 5.32 Å². The molecule has 0 saturated carbocycles. The van der Waals surface area contributed by atoms with Crippen LogP contribution in [0.25, 0.3) is 22.3 Å². The van der Waals surface area contributed by atoms with Gasteiger partial charge in [-0.1, -0.05) is 86.6 Å². The third-order valence-corrected chi connectivity index (χ3v) is 5.85. The first-order valence-electron chi connectivity index (χ1n) is 9.80. The van der Waals surface area contributed by atoms with E-state index in [4.69, 9.17) is 0 Å². The summed E-state index contributed by atoms with van der Waals surface area (Å²) in [6, 6.07) is 34.6. The van der Waals surface area contributed by atoms with Gasteiger partial charge in [-0.2, -0.15) is 0 Å². The first kappa shape index (κ1) is 16.8. The van der Waals surface area contributed by atoms with E-state index in [2.05, 4.69) is 110 Å². The maximum absolute atomic E-state index is 3.54. The van der Waals surface area contributed by atoms with Gasteiger partial charge in [0.15, 0.2) is 0 Å². The molecule has 136 valence electrons. The molecule has 0 heterocycles. The minimum absolute atomic E-state index is 0.0240. The Labute approximate surface area is 166 Å². The topological polar surface area (TPSA) is 12.0 Å². The van der Waals surface area contributed by atoms with Gasteiger partial charge in [-0.3, -0.25) is 0 Å². The highest BCUT2D eigenvalue weighted by atomic mass is 14.9. The average Bonchev–Trinajstić information content (AvgIpc) is 2.97. The highest BCUT2D eigenvalue weighted by Crippen LogP contribution is 2.52. The summed E-state index contributed by atoms with van der Waals surface area (Å²) in [6.45, 7) is 4.66. The summed E-state index contributed by atoms with van der Waals surface area (Å²) >= 11 is 0. The van der Waals surface area contributed by atoms with E-state index in [0.29, 0.717) is 0 Å². The molecule has 4 aromatic carbocycles. The minimum Gasteiger partial charge on any atom is -0.356 e. The van der Waals surface area contributed by atoms with E-state index in [9.17, 15) is 0 Å². The predicted octanol–water partition coefficient (Wildman–Crippen LogP) is 7.40. The number of para-hydroxylation sites is 1. The van der Waals surface area contributed by atoms with Gasteiger partial charge in [0.2, 0.25) is 0 Å². The van der Waals surface area contributed by atoms with E-state index in [0.717, 1.165) is 11.4 Å². The number of hydrogen-bond acceptors (Lipinski definition) is 1. The van der Waals surface area contributed by atoms with Gasteiger partial charge in [-0.05, 0) is 57.6 Å². The van der Waals surface area contributed by atoms with Crippen molar-refractivity contribution in [2.45, 2.75) is 19.3 Å². The lowest BCUT2D eigenvalue weighted by atomic mass is 9.82. The molecular weight excluding hydrogens is 338 g/mol. The van der Waals surface area contributed by atoms with Crippen LogP contribution in [0.1, 0.15) is 25.0 Å². The Morgan fingerprint density at radius 1 is 0.571 bits per heavy atom. The second-order valence-corrected chi connectivity index (χ2v) is 7.97. The summed E-state index contributed by atoms with van der Waals surface area (Å²) in [6.07, 6.45) is 0. The molecule has 0 bridgehead atoms. The van der Waals surface area contributed by atoms with E-state index in [-0.39, 0.29) is 5.41 Å². The monoisotopic (exact) mass is 361 g/mol. The van der Waals surface area contributed by atoms with Gasteiger partial charge in [-0.15, -0.1) is 0 Å². The van der Waals surface area contributed by atoms with Crippen molar-refractivity contribution in [2.24, 2.45) is 0 Å². The Morgan fingerprint density at radius 2 is 1.29 bits per heavy atom. The van der Waals surface area contributed by atoms with Crippen LogP contribution in [0.3, 0.4) is 0 Å². The van der Waals surface area contributed by atoms with Crippen LogP contribution in [-0.4, -0.2) is 0 Å². The van der Waals surface area contributed by atoms with Crippen molar-refractivity contribution in [2.75, 3.05) is 5.32 Å². The van der Waals surface area contributed by atoms with Gasteiger partial charge >= 0.3 is 0 Å². The third-order valence-electron chi connectivity index (χ3n) is 5.85. The lowest BCUT2D eigenvalue weighted by molar-refractivity contribution is 0.661. The van der Waals surface area contributed by atoms with Crippen molar-refractivity contribution in [1.29, 1.82) is 0 Å². The van der Waals surface area contributed by atoms with Gasteiger partial charge in [0.1, 0.15) is 0 Å². The number of hydrogen-bond donors (Lipinski definition) is 1. The number of fused-ring (bicyclic) bond motifs is 3. The zero-order valence-corrected chi connectivity index (χ0v) is 16.2. The van der Waals surface area contributed by atoms with Crippen LogP contribution in [0.2, 0.25) is 0 Å². The van der Waals surface area contributed by atoms with Gasteiger partial charge in [0.05, 0.1) is 0 Å². The third kappa shape index (κ3) is 2.63. The largest absolute Gasteiger partial charge is 0.356 e. The highest BCUT2D eigenvalue weighted by Gasteiger charge is 2.36. The Hall–Kier alpha value is -3.32. The molecule has 1 heteroatoms. The summed E-state index contributed by atoms with van der Waals surface area (Å²) in [7, 11) is 0. The molecule has 1 aliphatic rings. The van der Waals surface area contributed by atoms with Crippen molar-refractivity contribution in [3.05, 3.63) is 108 Å². The zero-order valence-electron chi connectivity index (χ0n) is 16.2. The molecule has 5 rings (SSSR count). The molecule has 0 unspecified atom stereocenters. The fourth-order valence-electron chi connectivity index (χ4n) is 4.41. The van der Waals surface area contributed by atoms with E-state index in [1.807, 2.05) is 6.07 Å². The lowest BCUT2D eigenvalue weighted by Crippen LogP contribution is -2.15. The van der Waals surface area contributed by atoms with Crippen molar-refractivity contribution >= 4 is 11.4 Å². The van der Waals surface area contributed by atoms with E-state index in [1.165, 1.54) is 33.4 Å². The minimum atomic E-state index is -0.0240. The molecule has 0 aliphatic heterocycles. The average molecular weight is 361 g/mol. The van der Waals surface area contributed by atoms with Gasteiger partial charge in [0, 0.05) is 16.8 Å². The maximum Gasteiger partial charge on any atom is 0.0387 e. The smallest absolute Gasteiger partial charge is 0.0387 e. The first-order valence-corrected chi connectivity index (χ1v) is 9.80. The van der Waals surface area contributed by atoms with E-state index >= 15 is 0 Å². The molecule has 0 atom stereocenters. The van der Waals surface area contributed by atoms with E-state index in [1.54, 1.807) is 0 Å². The Kier molecular flexibility index (Phi) is 3.84. The molecule has 0 fully saturated rings. The fraction of sp³-hybridized carbons (Fsp3) is 0.111.